The van der Waals surface area contributed by atoms with Gasteiger partial charge in [0.2, 0.25) is 5.91 Å². The summed E-state index contributed by atoms with van der Waals surface area (Å²) in [7, 11) is 1.57. The first kappa shape index (κ1) is 19.2. The van der Waals surface area contributed by atoms with Crippen molar-refractivity contribution in [2.24, 2.45) is 0 Å². The number of benzene rings is 1. The summed E-state index contributed by atoms with van der Waals surface area (Å²) in [5.74, 6) is 0.547. The maximum atomic E-state index is 12.4. The molecule has 1 fully saturated rings. The minimum Gasteiger partial charge on any atom is -0.495 e. The predicted molar refractivity (Wildman–Crippen MR) is 107 cm³/mol. The molecule has 2 aromatic rings. The van der Waals surface area contributed by atoms with Crippen LogP contribution in [0.5, 0.6) is 5.75 Å². The van der Waals surface area contributed by atoms with Gasteiger partial charge in [-0.3, -0.25) is 14.6 Å². The van der Waals surface area contributed by atoms with E-state index >= 15 is 0 Å². The van der Waals surface area contributed by atoms with E-state index in [9.17, 15) is 4.79 Å². The van der Waals surface area contributed by atoms with Gasteiger partial charge in [-0.05, 0) is 40.9 Å². The molecular formula is C19H24ClN3O2S. The number of rotatable bonds is 6. The van der Waals surface area contributed by atoms with E-state index in [0.29, 0.717) is 23.0 Å². The number of thiophene rings is 1. The molecule has 0 atom stereocenters. The van der Waals surface area contributed by atoms with Crippen molar-refractivity contribution in [3.05, 3.63) is 45.1 Å². The van der Waals surface area contributed by atoms with Crippen LogP contribution in [0.2, 0.25) is 5.02 Å². The highest BCUT2D eigenvalue weighted by Gasteiger charge is 2.20. The summed E-state index contributed by atoms with van der Waals surface area (Å²) >= 11 is 7.85. The Bertz CT molecular complexity index is 743. The van der Waals surface area contributed by atoms with Crippen LogP contribution in [-0.4, -0.2) is 55.5 Å². The number of amides is 1. The maximum Gasteiger partial charge on any atom is 0.238 e. The van der Waals surface area contributed by atoms with Crippen LogP contribution in [0.25, 0.3) is 0 Å². The minimum absolute atomic E-state index is 0.0312. The van der Waals surface area contributed by atoms with Gasteiger partial charge < -0.3 is 10.1 Å². The molecule has 3 rings (SSSR count). The molecule has 0 radical (unpaired) electrons. The van der Waals surface area contributed by atoms with E-state index in [4.69, 9.17) is 16.3 Å². The van der Waals surface area contributed by atoms with Gasteiger partial charge in [-0.15, -0.1) is 0 Å². The Kier molecular flexibility index (Phi) is 6.53. The topological polar surface area (TPSA) is 44.8 Å². The van der Waals surface area contributed by atoms with Crippen molar-refractivity contribution in [3.63, 3.8) is 0 Å². The number of ether oxygens (including phenoxy) is 1. The average molecular weight is 394 g/mol. The zero-order valence-electron chi connectivity index (χ0n) is 15.1. The van der Waals surface area contributed by atoms with E-state index in [1.807, 2.05) is 13.0 Å². The lowest BCUT2D eigenvalue weighted by atomic mass is 10.2. The van der Waals surface area contributed by atoms with Crippen LogP contribution in [0.15, 0.2) is 29.0 Å². The first-order chi connectivity index (χ1) is 12.5. The third kappa shape index (κ3) is 4.98. The van der Waals surface area contributed by atoms with Gasteiger partial charge >= 0.3 is 0 Å². The monoisotopic (exact) mass is 393 g/mol. The molecule has 1 aromatic heterocycles. The molecule has 0 unspecified atom stereocenters. The highest BCUT2D eigenvalue weighted by molar-refractivity contribution is 7.07. The van der Waals surface area contributed by atoms with Gasteiger partial charge in [-0.25, -0.2) is 0 Å². The van der Waals surface area contributed by atoms with Crippen molar-refractivity contribution in [1.29, 1.82) is 0 Å². The summed E-state index contributed by atoms with van der Waals surface area (Å²) in [5.41, 5.74) is 2.94. The predicted octanol–water partition coefficient (Wildman–Crippen LogP) is 3.47. The summed E-state index contributed by atoms with van der Waals surface area (Å²) in [6.07, 6.45) is 0. The number of hydrogen-bond acceptors (Lipinski definition) is 5. The lowest BCUT2D eigenvalue weighted by Gasteiger charge is -2.34. The highest BCUT2D eigenvalue weighted by Crippen LogP contribution is 2.30. The maximum absolute atomic E-state index is 12.4. The lowest BCUT2D eigenvalue weighted by molar-refractivity contribution is -0.117. The van der Waals surface area contributed by atoms with E-state index in [1.54, 1.807) is 24.5 Å². The van der Waals surface area contributed by atoms with Crippen LogP contribution >= 0.6 is 22.9 Å². The van der Waals surface area contributed by atoms with Gasteiger partial charge in [0.05, 0.1) is 19.3 Å². The van der Waals surface area contributed by atoms with Crippen molar-refractivity contribution in [2.75, 3.05) is 45.2 Å². The van der Waals surface area contributed by atoms with Gasteiger partial charge in [0.15, 0.2) is 0 Å². The van der Waals surface area contributed by atoms with E-state index in [2.05, 4.69) is 31.9 Å². The summed E-state index contributed by atoms with van der Waals surface area (Å²) in [6, 6.07) is 5.75. The standard InChI is InChI=1S/C19H24ClN3O2S/c1-14-9-17(18(25-2)10-16(14)20)21-19(24)12-23-6-4-22(5-7-23)11-15-3-8-26-13-15/h3,8-10,13H,4-7,11-12H2,1-2H3,(H,21,24). The van der Waals surface area contributed by atoms with Crippen LogP contribution in [0.4, 0.5) is 5.69 Å². The molecule has 140 valence electrons. The third-order valence-corrected chi connectivity index (χ3v) is 5.71. The summed E-state index contributed by atoms with van der Waals surface area (Å²) in [4.78, 5) is 17.1. The first-order valence-corrected chi connectivity index (χ1v) is 9.97. The molecule has 7 heteroatoms. The molecule has 1 saturated heterocycles. The van der Waals surface area contributed by atoms with Crippen LogP contribution in [0.3, 0.4) is 0 Å². The Morgan fingerprint density at radius 2 is 2.00 bits per heavy atom. The first-order valence-electron chi connectivity index (χ1n) is 8.65. The fraction of sp³-hybridized carbons (Fsp3) is 0.421. The quantitative estimate of drug-likeness (QED) is 0.816. The molecule has 1 aliphatic rings. The Morgan fingerprint density at radius 1 is 1.27 bits per heavy atom. The van der Waals surface area contributed by atoms with Gasteiger partial charge in [-0.2, -0.15) is 11.3 Å². The van der Waals surface area contributed by atoms with Gasteiger partial charge in [0.25, 0.3) is 0 Å². The summed E-state index contributed by atoms with van der Waals surface area (Å²) in [5, 5.41) is 7.88. The smallest absolute Gasteiger partial charge is 0.238 e. The van der Waals surface area contributed by atoms with Crippen molar-refractivity contribution >= 4 is 34.5 Å². The SMILES string of the molecule is COc1cc(Cl)c(C)cc1NC(=O)CN1CCN(Cc2ccsc2)CC1. The number of nitrogens with one attached hydrogen (secondary N) is 1. The van der Waals surface area contributed by atoms with Crippen LogP contribution < -0.4 is 10.1 Å². The lowest BCUT2D eigenvalue weighted by Crippen LogP contribution is -2.48. The Hall–Kier alpha value is -1.60. The molecule has 1 aromatic carbocycles. The molecule has 0 saturated carbocycles. The summed E-state index contributed by atoms with van der Waals surface area (Å²) < 4.78 is 5.32. The van der Waals surface area contributed by atoms with Crippen molar-refractivity contribution in [3.8, 4) is 5.75 Å². The number of anilines is 1. The fourth-order valence-corrected chi connectivity index (χ4v) is 3.88. The van der Waals surface area contributed by atoms with Crippen molar-refractivity contribution < 1.29 is 9.53 Å². The molecule has 0 bridgehead atoms. The fourth-order valence-electron chi connectivity index (χ4n) is 3.07. The number of piperazine rings is 1. The summed E-state index contributed by atoms with van der Waals surface area (Å²) in [6.45, 7) is 7.04. The number of hydrogen-bond donors (Lipinski definition) is 1. The second-order valence-electron chi connectivity index (χ2n) is 6.53. The number of halogens is 1. The van der Waals surface area contributed by atoms with Gasteiger partial charge in [0, 0.05) is 43.8 Å². The van der Waals surface area contributed by atoms with Gasteiger partial charge in [-0.1, -0.05) is 11.6 Å². The van der Waals surface area contributed by atoms with E-state index in [0.717, 1.165) is 38.3 Å². The Morgan fingerprint density at radius 3 is 2.65 bits per heavy atom. The van der Waals surface area contributed by atoms with Crippen LogP contribution in [0.1, 0.15) is 11.1 Å². The average Bonchev–Trinajstić information content (AvgIpc) is 3.12. The van der Waals surface area contributed by atoms with Crippen molar-refractivity contribution in [2.45, 2.75) is 13.5 Å². The molecule has 0 spiro atoms. The second kappa shape index (κ2) is 8.86. The number of aryl methyl sites for hydroxylation is 1. The molecule has 5 nitrogen and oxygen atoms in total. The molecule has 1 N–H and O–H groups in total. The molecule has 26 heavy (non-hydrogen) atoms. The molecule has 2 heterocycles. The van der Waals surface area contributed by atoms with E-state index < -0.39 is 0 Å². The Labute approximate surface area is 163 Å². The minimum atomic E-state index is -0.0312. The van der Waals surface area contributed by atoms with Crippen LogP contribution in [0, 0.1) is 6.92 Å². The van der Waals surface area contributed by atoms with E-state index in [-0.39, 0.29) is 5.91 Å². The normalized spacial score (nSPS) is 15.8. The number of methoxy groups -OCH3 is 1. The molecule has 1 aliphatic heterocycles. The number of carbonyl (C=O) groups is 1. The molecular weight excluding hydrogens is 370 g/mol. The van der Waals surface area contributed by atoms with Crippen molar-refractivity contribution in [1.82, 2.24) is 9.80 Å². The number of nitrogens with zero attached hydrogens (tertiary/aromatic N) is 2. The third-order valence-electron chi connectivity index (χ3n) is 4.57. The number of carbonyl (C=O) groups excluding carboxylic acids is 1. The zero-order chi connectivity index (χ0) is 18.5. The highest BCUT2D eigenvalue weighted by atomic mass is 35.5. The van der Waals surface area contributed by atoms with Gasteiger partial charge in [0.1, 0.15) is 5.75 Å². The second-order valence-corrected chi connectivity index (χ2v) is 7.72. The zero-order valence-corrected chi connectivity index (χ0v) is 16.7. The van der Waals surface area contributed by atoms with E-state index in [1.165, 1.54) is 5.56 Å². The largest absolute Gasteiger partial charge is 0.495 e. The molecule has 1 amide bonds. The molecule has 0 aliphatic carbocycles. The Balaban J connectivity index is 1.49. The van der Waals surface area contributed by atoms with Crippen LogP contribution in [-0.2, 0) is 11.3 Å².